The molecule has 154 valence electrons. The van der Waals surface area contributed by atoms with Gasteiger partial charge in [0.1, 0.15) is 23.1 Å². The lowest BCUT2D eigenvalue weighted by Crippen LogP contribution is -2.07. The van der Waals surface area contributed by atoms with Crippen LogP contribution in [0, 0.1) is 6.92 Å². The number of thiophene rings is 1. The summed E-state index contributed by atoms with van der Waals surface area (Å²) >= 11 is 1.72. The molecule has 0 aliphatic rings. The van der Waals surface area contributed by atoms with Gasteiger partial charge in [-0.1, -0.05) is 55.5 Å². The van der Waals surface area contributed by atoms with Crippen LogP contribution < -0.4 is 5.32 Å². The Morgan fingerprint density at radius 3 is 2.23 bits per heavy atom. The fourth-order valence-electron chi connectivity index (χ4n) is 3.53. The molecule has 4 aromatic rings. The van der Waals surface area contributed by atoms with Crippen LogP contribution in [-0.2, 0) is 19.5 Å². The summed E-state index contributed by atoms with van der Waals surface area (Å²) in [5, 5.41) is 4.64. The molecular formula is C25H26FN3S. The van der Waals surface area contributed by atoms with Gasteiger partial charge in [-0.2, -0.15) is 0 Å². The average Bonchev–Trinajstić information content (AvgIpc) is 3.17. The van der Waals surface area contributed by atoms with Crippen molar-refractivity contribution in [1.82, 2.24) is 9.97 Å². The maximum absolute atomic E-state index is 12.7. The zero-order valence-electron chi connectivity index (χ0n) is 17.4. The zero-order chi connectivity index (χ0) is 20.9. The summed E-state index contributed by atoms with van der Waals surface area (Å²) in [5.41, 5.74) is 4.30. The summed E-state index contributed by atoms with van der Waals surface area (Å²) in [5.74, 6) is 1.84. The van der Waals surface area contributed by atoms with E-state index in [-0.39, 0.29) is 0 Å². The highest BCUT2D eigenvalue weighted by atomic mass is 32.1. The molecule has 0 atom stereocenters. The van der Waals surface area contributed by atoms with Crippen LogP contribution in [0.15, 0.2) is 54.6 Å². The van der Waals surface area contributed by atoms with E-state index in [1.165, 1.54) is 10.4 Å². The van der Waals surface area contributed by atoms with Gasteiger partial charge in [-0.15, -0.1) is 11.3 Å². The topological polar surface area (TPSA) is 37.8 Å². The Morgan fingerprint density at radius 2 is 1.60 bits per heavy atom. The van der Waals surface area contributed by atoms with E-state index < -0.39 is 6.67 Å². The second kappa shape index (κ2) is 9.35. The molecular weight excluding hydrogens is 393 g/mol. The molecule has 0 amide bonds. The lowest BCUT2D eigenvalue weighted by Gasteiger charge is -2.09. The van der Waals surface area contributed by atoms with E-state index in [4.69, 9.17) is 4.98 Å². The minimum absolute atomic E-state index is 0.417. The van der Waals surface area contributed by atoms with E-state index in [9.17, 15) is 4.39 Å². The smallest absolute Gasteiger partial charge is 0.138 e. The zero-order valence-corrected chi connectivity index (χ0v) is 18.2. The molecule has 0 aliphatic heterocycles. The molecule has 1 N–H and O–H groups in total. The van der Waals surface area contributed by atoms with Gasteiger partial charge < -0.3 is 5.32 Å². The summed E-state index contributed by atoms with van der Waals surface area (Å²) in [6.45, 7) is 4.65. The molecule has 0 unspecified atom stereocenters. The highest BCUT2D eigenvalue weighted by Gasteiger charge is 2.09. The summed E-state index contributed by atoms with van der Waals surface area (Å²) in [4.78, 5) is 11.7. The van der Waals surface area contributed by atoms with Crippen molar-refractivity contribution >= 4 is 27.4 Å². The number of nitrogens with zero attached hydrogens (tertiary/aromatic N) is 2. The predicted octanol–water partition coefficient (Wildman–Crippen LogP) is 6.74. The molecule has 0 bridgehead atoms. The second-order valence-electron chi connectivity index (χ2n) is 7.48. The Balaban J connectivity index is 1.35. The largest absolute Gasteiger partial charge is 0.369 e. The molecule has 4 rings (SSSR count). The van der Waals surface area contributed by atoms with Crippen LogP contribution in [0.5, 0.6) is 0 Å². The van der Waals surface area contributed by atoms with Crippen molar-refractivity contribution in [2.45, 2.75) is 39.8 Å². The van der Waals surface area contributed by atoms with Crippen molar-refractivity contribution in [1.29, 1.82) is 0 Å². The number of halogens is 1. The van der Waals surface area contributed by atoms with Crippen LogP contribution in [0.4, 0.5) is 10.2 Å². The van der Waals surface area contributed by atoms with Crippen LogP contribution in [-0.4, -0.2) is 16.5 Å². The van der Waals surface area contributed by atoms with Crippen molar-refractivity contribution in [2.75, 3.05) is 11.9 Å². The summed E-state index contributed by atoms with van der Waals surface area (Å²) in [7, 11) is 0. The Hall–Kier alpha value is -2.79. The quantitative estimate of drug-likeness (QED) is 0.321. The lowest BCUT2D eigenvalue weighted by molar-refractivity contribution is 0.485. The first-order valence-electron chi connectivity index (χ1n) is 10.4. The van der Waals surface area contributed by atoms with E-state index in [0.29, 0.717) is 5.56 Å². The van der Waals surface area contributed by atoms with Crippen molar-refractivity contribution in [2.24, 2.45) is 0 Å². The summed E-state index contributed by atoms with van der Waals surface area (Å²) < 4.78 is 12.7. The molecule has 0 fully saturated rings. The predicted molar refractivity (Wildman–Crippen MR) is 125 cm³/mol. The van der Waals surface area contributed by atoms with Gasteiger partial charge in [0.25, 0.3) is 0 Å². The van der Waals surface area contributed by atoms with Crippen molar-refractivity contribution in [3.63, 3.8) is 0 Å². The van der Waals surface area contributed by atoms with E-state index in [1.807, 2.05) is 24.3 Å². The summed E-state index contributed by atoms with van der Waals surface area (Å²) in [6, 6.07) is 18.5. The molecule has 0 saturated carbocycles. The molecule has 2 aromatic carbocycles. The maximum atomic E-state index is 12.7. The second-order valence-corrected chi connectivity index (χ2v) is 8.71. The monoisotopic (exact) mass is 419 g/mol. The maximum Gasteiger partial charge on any atom is 0.138 e. The molecule has 0 aliphatic carbocycles. The molecule has 0 radical (unpaired) electrons. The van der Waals surface area contributed by atoms with Crippen molar-refractivity contribution in [3.05, 3.63) is 76.4 Å². The van der Waals surface area contributed by atoms with E-state index in [0.717, 1.165) is 58.8 Å². The third kappa shape index (κ3) is 4.68. The number of hydrogen-bond donors (Lipinski definition) is 1. The van der Waals surface area contributed by atoms with Gasteiger partial charge in [0.2, 0.25) is 0 Å². The minimum atomic E-state index is -0.417. The number of fused-ring (bicyclic) bond motifs is 1. The highest BCUT2D eigenvalue weighted by molar-refractivity contribution is 7.18. The van der Waals surface area contributed by atoms with Gasteiger partial charge in [0, 0.05) is 17.8 Å². The van der Waals surface area contributed by atoms with E-state index in [1.54, 1.807) is 11.3 Å². The van der Waals surface area contributed by atoms with Gasteiger partial charge in [-0.25, -0.2) is 14.4 Å². The van der Waals surface area contributed by atoms with Crippen LogP contribution in [0.1, 0.15) is 35.2 Å². The molecule has 2 heterocycles. The highest BCUT2D eigenvalue weighted by Crippen LogP contribution is 2.28. The average molecular weight is 420 g/mol. The summed E-state index contributed by atoms with van der Waals surface area (Å²) in [6.07, 6.45) is 2.87. The Labute approximate surface area is 181 Å². The van der Waals surface area contributed by atoms with Crippen LogP contribution >= 0.6 is 11.3 Å². The Bertz CT molecular complexity index is 1120. The third-order valence-corrected chi connectivity index (χ3v) is 6.15. The standard InChI is InChI=1S/C25H26FN3S/c1-3-23-28-24(22-15-17(2)30-25(22)29-23)27-14-4-5-18-6-10-20(11-7-18)21-12-8-19(16-26)9-13-21/h6-13,15H,3-5,14,16H2,1-2H3,(H,27,28,29). The lowest BCUT2D eigenvalue weighted by atomic mass is 10.0. The Morgan fingerprint density at radius 1 is 0.933 bits per heavy atom. The molecule has 0 spiro atoms. The minimum Gasteiger partial charge on any atom is -0.369 e. The molecule has 0 saturated heterocycles. The number of alkyl halides is 1. The first kappa shape index (κ1) is 20.5. The molecule has 30 heavy (non-hydrogen) atoms. The molecule has 2 aromatic heterocycles. The van der Waals surface area contributed by atoms with Gasteiger partial charge in [-0.3, -0.25) is 0 Å². The number of benzene rings is 2. The van der Waals surface area contributed by atoms with Crippen LogP contribution in [0.3, 0.4) is 0 Å². The fourth-order valence-corrected chi connectivity index (χ4v) is 4.43. The first-order valence-corrected chi connectivity index (χ1v) is 11.2. The van der Waals surface area contributed by atoms with Crippen LogP contribution in [0.25, 0.3) is 21.3 Å². The van der Waals surface area contributed by atoms with Crippen molar-refractivity contribution < 1.29 is 4.39 Å². The number of hydrogen-bond acceptors (Lipinski definition) is 4. The number of aromatic nitrogens is 2. The van der Waals surface area contributed by atoms with Crippen LogP contribution in [0.2, 0.25) is 0 Å². The molecule has 5 heteroatoms. The number of nitrogens with one attached hydrogen (secondary N) is 1. The molecule has 3 nitrogen and oxygen atoms in total. The normalized spacial score (nSPS) is 11.2. The van der Waals surface area contributed by atoms with Gasteiger partial charge in [0.15, 0.2) is 0 Å². The van der Waals surface area contributed by atoms with Gasteiger partial charge in [-0.05, 0) is 48.1 Å². The fraction of sp³-hybridized carbons (Fsp3) is 0.280. The number of rotatable bonds is 8. The Kier molecular flexibility index (Phi) is 6.38. The first-order chi connectivity index (χ1) is 14.7. The van der Waals surface area contributed by atoms with Gasteiger partial charge in [0.05, 0.1) is 5.39 Å². The third-order valence-electron chi connectivity index (χ3n) is 5.21. The number of aryl methyl sites for hydroxylation is 3. The van der Waals surface area contributed by atoms with E-state index in [2.05, 4.69) is 54.5 Å². The van der Waals surface area contributed by atoms with Crippen molar-refractivity contribution in [3.8, 4) is 11.1 Å². The van der Waals surface area contributed by atoms with Gasteiger partial charge >= 0.3 is 0 Å². The van der Waals surface area contributed by atoms with E-state index >= 15 is 0 Å². The number of anilines is 1. The SMILES string of the molecule is CCc1nc(NCCCc2ccc(-c3ccc(CF)cc3)cc2)c2cc(C)sc2n1.